The average molecular weight is 480 g/mol. The Balaban J connectivity index is -0.00000000346. The first-order chi connectivity index (χ1) is 6.93. The van der Waals surface area contributed by atoms with Crippen LogP contribution in [0.2, 0.25) is 0 Å². The van der Waals surface area contributed by atoms with E-state index in [1.54, 1.807) is 0 Å². The second kappa shape index (κ2) is 63.1. The Morgan fingerprint density at radius 2 is 0.348 bits per heavy atom. The summed E-state index contributed by atoms with van der Waals surface area (Å²) in [5.41, 5.74) is 0. The van der Waals surface area contributed by atoms with Gasteiger partial charge in [-0.3, -0.25) is 17.8 Å². The van der Waals surface area contributed by atoms with Crippen LogP contribution in [0.4, 0.5) is 0 Å². The van der Waals surface area contributed by atoms with Gasteiger partial charge in [-0.1, -0.05) is 0 Å². The summed E-state index contributed by atoms with van der Waals surface area (Å²) >= 11 is 0. The van der Waals surface area contributed by atoms with E-state index in [9.17, 15) is 0 Å². The second-order valence-corrected chi connectivity index (χ2v) is 3.39. The van der Waals surface area contributed by atoms with Crippen molar-refractivity contribution in [1.29, 1.82) is 0 Å². The third-order valence-corrected chi connectivity index (χ3v) is 0. The van der Waals surface area contributed by atoms with Crippen molar-refractivity contribution in [1.82, 2.24) is 0 Å². The van der Waals surface area contributed by atoms with Crippen molar-refractivity contribution in [2.45, 2.75) is 0 Å². The van der Waals surface area contributed by atoms with Gasteiger partial charge in [-0.2, -0.15) is 0 Å². The van der Waals surface area contributed by atoms with E-state index in [-0.39, 0.29) is 217 Å². The Morgan fingerprint density at radius 1 is 0.348 bits per heavy atom. The molecule has 0 rings (SSSR count). The van der Waals surface area contributed by atoms with Crippen LogP contribution in [-0.2, 0) is 17.8 Å². The SMILES string of the molecule is O=[Si](O)O.O=[Si](O)O.O=[Si](O)O.O=[Si](O)O.[H-].[H-].[H-].[H-].[H-].[H-].[H-].[Na+].[Na+].[Na+].[Na+].[Na+].[Na+].[Na+]. The Hall–Kier alpha value is 5.47. The van der Waals surface area contributed by atoms with Gasteiger partial charge < -0.3 is 48.4 Å². The van der Waals surface area contributed by atoms with Crippen molar-refractivity contribution in [3.8, 4) is 0 Å². The molecule has 0 saturated heterocycles. The smallest absolute Gasteiger partial charge is 1.00 e. The van der Waals surface area contributed by atoms with Gasteiger partial charge in [0.05, 0.1) is 0 Å². The molecular formula is H15Na7O12Si4. The molecule has 0 saturated carbocycles. The van der Waals surface area contributed by atoms with Crippen LogP contribution < -0.4 is 207 Å². The molecule has 0 fully saturated rings. The van der Waals surface area contributed by atoms with Gasteiger partial charge in [-0.05, 0) is 0 Å². The van der Waals surface area contributed by atoms with E-state index >= 15 is 0 Å². The van der Waals surface area contributed by atoms with E-state index in [1.807, 2.05) is 0 Å². The van der Waals surface area contributed by atoms with Gasteiger partial charge in [0.25, 0.3) is 0 Å². The van der Waals surface area contributed by atoms with Crippen LogP contribution in [0.15, 0.2) is 0 Å². The minimum atomic E-state index is -3.13. The monoisotopic (exact) mass is 480 g/mol. The summed E-state index contributed by atoms with van der Waals surface area (Å²) < 4.78 is 35.0. The van der Waals surface area contributed by atoms with Crippen LogP contribution in [0.3, 0.4) is 0 Å². The number of rotatable bonds is 0. The van der Waals surface area contributed by atoms with Crippen molar-refractivity contribution in [3.63, 3.8) is 0 Å². The van der Waals surface area contributed by atoms with E-state index in [4.69, 9.17) is 56.2 Å². The molecule has 0 spiro atoms. The summed E-state index contributed by atoms with van der Waals surface area (Å²) in [7, 11) is -12.5. The van der Waals surface area contributed by atoms with Crippen LogP contribution >= 0.6 is 0 Å². The van der Waals surface area contributed by atoms with Gasteiger partial charge in [-0.25, -0.2) is 0 Å². The fraction of sp³-hybridized carbons (Fsp3) is 0. The molecule has 8 N–H and O–H groups in total. The Morgan fingerprint density at radius 3 is 0.348 bits per heavy atom. The van der Waals surface area contributed by atoms with Crippen LogP contribution in [0.5, 0.6) is 0 Å². The molecule has 110 valence electrons. The van der Waals surface area contributed by atoms with E-state index in [2.05, 4.69) is 0 Å². The summed E-state index contributed by atoms with van der Waals surface area (Å²) in [4.78, 5) is 57.3. The Bertz CT molecular complexity index is 197. The number of hydrogen-bond donors (Lipinski definition) is 8. The molecule has 0 aliphatic carbocycles. The van der Waals surface area contributed by atoms with Gasteiger partial charge in [0.15, 0.2) is 0 Å². The van der Waals surface area contributed by atoms with Crippen LogP contribution in [0.1, 0.15) is 9.99 Å². The fourth-order valence-electron chi connectivity index (χ4n) is 0. The molecule has 23 heavy (non-hydrogen) atoms. The summed E-state index contributed by atoms with van der Waals surface area (Å²) in [6.45, 7) is 0. The molecule has 0 aliphatic heterocycles. The summed E-state index contributed by atoms with van der Waals surface area (Å²) in [5, 5.41) is 0. The third-order valence-electron chi connectivity index (χ3n) is 0. The molecule has 0 aromatic carbocycles. The van der Waals surface area contributed by atoms with Gasteiger partial charge >= 0.3 is 244 Å². The largest absolute Gasteiger partial charge is 1.00 e. The predicted molar refractivity (Wildman–Crippen MR) is 51.3 cm³/mol. The maximum absolute atomic E-state index is 8.74. The number of hydrogen-bond acceptors (Lipinski definition) is 4. The molecule has 0 amide bonds. The average Bonchev–Trinajstić information content (AvgIpc) is 1.76. The van der Waals surface area contributed by atoms with Crippen molar-refractivity contribution >= 4 is 36.7 Å². The molecule has 0 atom stereocenters. The Labute approximate surface area is 303 Å². The summed E-state index contributed by atoms with van der Waals surface area (Å²) in [5.74, 6) is 0. The first kappa shape index (κ1) is 70.4. The van der Waals surface area contributed by atoms with E-state index in [1.165, 1.54) is 0 Å². The summed E-state index contributed by atoms with van der Waals surface area (Å²) in [6, 6.07) is 0. The molecule has 23 heteroatoms. The molecule has 0 aromatic rings. The first-order valence-electron chi connectivity index (χ1n) is 2.61. The van der Waals surface area contributed by atoms with E-state index in [0.717, 1.165) is 0 Å². The molecule has 0 unspecified atom stereocenters. The maximum atomic E-state index is 8.74. The molecular weight excluding hydrogens is 465 g/mol. The topological polar surface area (TPSA) is 230 Å². The van der Waals surface area contributed by atoms with Gasteiger partial charge in [-0.15, -0.1) is 0 Å². The first-order valence-corrected chi connectivity index (χ1v) is 7.82. The zero-order valence-electron chi connectivity index (χ0n) is 21.2. The normalized spacial score (nSPS) is 4.17. The van der Waals surface area contributed by atoms with Gasteiger partial charge in [0.1, 0.15) is 0 Å². The van der Waals surface area contributed by atoms with Crippen LogP contribution in [0, 0.1) is 0 Å². The van der Waals surface area contributed by atoms with Crippen molar-refractivity contribution in [2.75, 3.05) is 0 Å². The Kier molecular flexibility index (Phi) is 193. The van der Waals surface area contributed by atoms with Crippen molar-refractivity contribution < 1.29 is 273 Å². The molecule has 0 aliphatic rings. The fourth-order valence-corrected chi connectivity index (χ4v) is 0. The standard InChI is InChI=1S/7Na.4H2O3Si.7H/c;;;;;;;4*1-4(2)3;;;;;;;/h;;;;;;;4*1-2H;;;;;;;/q7*+1;;;;;7*-1. The van der Waals surface area contributed by atoms with E-state index < -0.39 is 36.7 Å². The summed E-state index contributed by atoms with van der Waals surface area (Å²) in [6.07, 6.45) is 0. The van der Waals surface area contributed by atoms with Gasteiger partial charge in [0.2, 0.25) is 0 Å². The zero-order valence-corrected chi connectivity index (χ0v) is 32.2. The van der Waals surface area contributed by atoms with E-state index in [0.29, 0.717) is 0 Å². The molecule has 12 nitrogen and oxygen atoms in total. The van der Waals surface area contributed by atoms with Crippen LogP contribution in [-0.4, -0.2) is 75.0 Å². The third kappa shape index (κ3) is 596. The van der Waals surface area contributed by atoms with Crippen molar-refractivity contribution in [3.05, 3.63) is 0 Å². The molecule has 0 radical (unpaired) electrons. The van der Waals surface area contributed by atoms with Crippen LogP contribution in [0.25, 0.3) is 0 Å². The minimum Gasteiger partial charge on any atom is -1.00 e. The predicted octanol–water partition coefficient (Wildman–Crippen LogP) is -26.6. The molecule has 0 heterocycles. The molecule has 0 bridgehead atoms. The molecule has 0 aromatic heterocycles. The zero-order chi connectivity index (χ0) is 14.3. The quantitative estimate of drug-likeness (QED) is 0.151. The van der Waals surface area contributed by atoms with Gasteiger partial charge in [0, 0.05) is 0 Å². The maximum Gasteiger partial charge on any atom is 1.00 e. The second-order valence-electron chi connectivity index (χ2n) is 1.13. The minimum absolute atomic E-state index is 0. The van der Waals surface area contributed by atoms with Crippen molar-refractivity contribution in [2.24, 2.45) is 0 Å².